The number of aromatic amines is 1. The van der Waals surface area contributed by atoms with E-state index in [1.54, 1.807) is 4.90 Å². The summed E-state index contributed by atoms with van der Waals surface area (Å²) in [5.74, 6) is -0.584. The molecule has 1 aromatic rings. The largest absolute Gasteiger partial charge is 0.369 e. The van der Waals surface area contributed by atoms with Crippen molar-refractivity contribution in [1.82, 2.24) is 9.88 Å². The van der Waals surface area contributed by atoms with Gasteiger partial charge in [-0.3, -0.25) is 14.4 Å². The molecule has 2 amide bonds. The Labute approximate surface area is 104 Å². The average Bonchev–Trinajstić information content (AvgIpc) is 2.86. The van der Waals surface area contributed by atoms with E-state index in [0.717, 1.165) is 0 Å². The number of hydrogen-bond donors (Lipinski definition) is 2. The Kier molecular flexibility index (Phi) is 3.45. The topological polar surface area (TPSA) is 96.3 Å². The minimum absolute atomic E-state index is 0.136. The maximum Gasteiger partial charge on any atom is 0.270 e. The molecule has 0 radical (unpaired) electrons. The van der Waals surface area contributed by atoms with Gasteiger partial charge in [0.05, 0.1) is 0 Å². The van der Waals surface area contributed by atoms with Crippen LogP contribution in [0.5, 0.6) is 0 Å². The number of hydrogen-bond acceptors (Lipinski definition) is 3. The number of carbonyl (C=O) groups excluding carboxylic acids is 3. The molecule has 2 heterocycles. The maximum atomic E-state index is 12.1. The Bertz CT molecular complexity index is 473. The Balaban J connectivity index is 1.99. The fourth-order valence-electron chi connectivity index (χ4n) is 2.14. The normalized spacial score (nSPS) is 16.6. The van der Waals surface area contributed by atoms with Gasteiger partial charge in [-0.05, 0) is 18.9 Å². The van der Waals surface area contributed by atoms with E-state index in [2.05, 4.69) is 4.98 Å². The van der Waals surface area contributed by atoms with E-state index in [1.807, 2.05) is 0 Å². The molecule has 1 aromatic heterocycles. The highest BCUT2D eigenvalue weighted by Crippen LogP contribution is 2.18. The molecule has 3 N–H and O–H groups in total. The Hall–Kier alpha value is -2.11. The number of nitrogens with zero attached hydrogens (tertiary/aromatic N) is 1. The third kappa shape index (κ3) is 2.42. The standard InChI is InChI=1S/C12H15N3O3/c13-11(17)9-1-3-15(4-2-9)12(18)10-5-8(7-16)6-14-10/h5-7,9,14H,1-4H2,(H2,13,17). The van der Waals surface area contributed by atoms with Crippen LogP contribution in [-0.2, 0) is 4.79 Å². The van der Waals surface area contributed by atoms with E-state index in [0.29, 0.717) is 43.5 Å². The van der Waals surface area contributed by atoms with Gasteiger partial charge >= 0.3 is 0 Å². The van der Waals surface area contributed by atoms with Gasteiger partial charge in [0.1, 0.15) is 5.69 Å². The molecule has 1 aliphatic rings. The maximum absolute atomic E-state index is 12.1. The van der Waals surface area contributed by atoms with E-state index < -0.39 is 0 Å². The predicted octanol–water partition coefficient (Wildman–Crippen LogP) is 0.165. The van der Waals surface area contributed by atoms with Crippen molar-refractivity contribution in [3.8, 4) is 0 Å². The van der Waals surface area contributed by atoms with Crippen LogP contribution in [0, 0.1) is 5.92 Å². The second-order valence-electron chi connectivity index (χ2n) is 4.43. The molecule has 1 aliphatic heterocycles. The molecule has 0 saturated carbocycles. The molecule has 6 heteroatoms. The van der Waals surface area contributed by atoms with Crippen LogP contribution in [-0.4, -0.2) is 41.1 Å². The Morgan fingerprint density at radius 1 is 1.39 bits per heavy atom. The highest BCUT2D eigenvalue weighted by atomic mass is 16.2. The van der Waals surface area contributed by atoms with Gasteiger partial charge in [-0.2, -0.15) is 0 Å². The number of nitrogens with two attached hydrogens (primary N) is 1. The zero-order chi connectivity index (χ0) is 13.1. The Morgan fingerprint density at radius 3 is 2.56 bits per heavy atom. The van der Waals surface area contributed by atoms with Gasteiger partial charge in [-0.25, -0.2) is 0 Å². The average molecular weight is 249 g/mol. The first-order chi connectivity index (χ1) is 8.61. The van der Waals surface area contributed by atoms with Crippen LogP contribution >= 0.6 is 0 Å². The summed E-state index contributed by atoms with van der Waals surface area (Å²) in [5, 5.41) is 0. The molecule has 6 nitrogen and oxygen atoms in total. The fourth-order valence-corrected chi connectivity index (χ4v) is 2.14. The summed E-state index contributed by atoms with van der Waals surface area (Å²) in [6, 6.07) is 1.52. The molecule has 0 aliphatic carbocycles. The van der Waals surface area contributed by atoms with Gasteiger partial charge in [0.25, 0.3) is 5.91 Å². The highest BCUT2D eigenvalue weighted by Gasteiger charge is 2.26. The van der Waals surface area contributed by atoms with Crippen LogP contribution in [0.2, 0.25) is 0 Å². The van der Waals surface area contributed by atoms with Crippen molar-refractivity contribution in [2.24, 2.45) is 11.7 Å². The summed E-state index contributed by atoms with van der Waals surface area (Å²) < 4.78 is 0. The van der Waals surface area contributed by atoms with E-state index in [4.69, 9.17) is 5.73 Å². The third-order valence-corrected chi connectivity index (χ3v) is 3.26. The van der Waals surface area contributed by atoms with Crippen molar-refractivity contribution in [1.29, 1.82) is 0 Å². The molecule has 96 valence electrons. The first-order valence-corrected chi connectivity index (χ1v) is 5.84. The molecule has 0 spiro atoms. The lowest BCUT2D eigenvalue weighted by Crippen LogP contribution is -2.41. The number of carbonyl (C=O) groups is 3. The van der Waals surface area contributed by atoms with Gasteiger partial charge in [-0.15, -0.1) is 0 Å². The smallest absolute Gasteiger partial charge is 0.270 e. The number of aromatic nitrogens is 1. The van der Waals surface area contributed by atoms with Crippen LogP contribution in [0.15, 0.2) is 12.3 Å². The minimum atomic E-state index is -0.301. The van der Waals surface area contributed by atoms with Gasteiger partial charge < -0.3 is 15.6 Å². The van der Waals surface area contributed by atoms with Crippen molar-refractivity contribution in [3.05, 3.63) is 23.5 Å². The number of amides is 2. The Morgan fingerprint density at radius 2 is 2.06 bits per heavy atom. The lowest BCUT2D eigenvalue weighted by atomic mass is 9.96. The number of H-pyrrole nitrogens is 1. The monoisotopic (exact) mass is 249 g/mol. The summed E-state index contributed by atoms with van der Waals surface area (Å²) in [7, 11) is 0. The van der Waals surface area contributed by atoms with Crippen molar-refractivity contribution >= 4 is 18.1 Å². The summed E-state index contributed by atoms with van der Waals surface area (Å²) in [4.78, 5) is 38.1. The number of rotatable bonds is 3. The fraction of sp³-hybridized carbons (Fsp3) is 0.417. The number of piperidine rings is 1. The molecule has 0 bridgehead atoms. The van der Waals surface area contributed by atoms with Crippen molar-refractivity contribution < 1.29 is 14.4 Å². The van der Waals surface area contributed by atoms with E-state index in [1.165, 1.54) is 12.3 Å². The lowest BCUT2D eigenvalue weighted by Gasteiger charge is -2.30. The molecule has 1 saturated heterocycles. The first kappa shape index (κ1) is 12.3. The van der Waals surface area contributed by atoms with Crippen LogP contribution in [0.4, 0.5) is 0 Å². The van der Waals surface area contributed by atoms with Crippen molar-refractivity contribution in [3.63, 3.8) is 0 Å². The summed E-state index contributed by atoms with van der Waals surface area (Å²) in [5.41, 5.74) is 6.08. The van der Waals surface area contributed by atoms with E-state index >= 15 is 0 Å². The van der Waals surface area contributed by atoms with Crippen LogP contribution in [0.25, 0.3) is 0 Å². The highest BCUT2D eigenvalue weighted by molar-refractivity contribution is 5.94. The molecule has 18 heavy (non-hydrogen) atoms. The molecular formula is C12H15N3O3. The zero-order valence-corrected chi connectivity index (χ0v) is 9.89. The summed E-state index contributed by atoms with van der Waals surface area (Å²) >= 11 is 0. The minimum Gasteiger partial charge on any atom is -0.369 e. The molecule has 0 unspecified atom stereocenters. The summed E-state index contributed by atoms with van der Waals surface area (Å²) in [6.07, 6.45) is 3.38. The van der Waals surface area contributed by atoms with Crippen LogP contribution in [0.1, 0.15) is 33.7 Å². The molecule has 0 aromatic carbocycles. The van der Waals surface area contributed by atoms with Crippen LogP contribution < -0.4 is 5.73 Å². The van der Waals surface area contributed by atoms with E-state index in [9.17, 15) is 14.4 Å². The number of aldehydes is 1. The molecule has 0 atom stereocenters. The third-order valence-electron chi connectivity index (χ3n) is 3.26. The van der Waals surface area contributed by atoms with Gasteiger partial charge in [0.15, 0.2) is 6.29 Å². The van der Waals surface area contributed by atoms with Crippen LogP contribution in [0.3, 0.4) is 0 Å². The SMILES string of the molecule is NC(=O)C1CCN(C(=O)c2cc(C=O)c[nH]2)CC1. The van der Waals surface area contributed by atoms with Gasteiger partial charge in [-0.1, -0.05) is 0 Å². The molecule has 2 rings (SSSR count). The zero-order valence-electron chi connectivity index (χ0n) is 9.89. The first-order valence-electron chi connectivity index (χ1n) is 5.84. The lowest BCUT2D eigenvalue weighted by molar-refractivity contribution is -0.123. The number of nitrogens with one attached hydrogen (secondary N) is 1. The number of likely N-dealkylation sites (tertiary alicyclic amines) is 1. The molecular weight excluding hydrogens is 234 g/mol. The summed E-state index contributed by atoms with van der Waals surface area (Å²) in [6.45, 7) is 1.03. The molecule has 1 fully saturated rings. The van der Waals surface area contributed by atoms with Gasteiger partial charge in [0, 0.05) is 30.8 Å². The second kappa shape index (κ2) is 5.03. The van der Waals surface area contributed by atoms with Crippen molar-refractivity contribution in [2.45, 2.75) is 12.8 Å². The number of primary amides is 1. The van der Waals surface area contributed by atoms with Gasteiger partial charge in [0.2, 0.25) is 5.91 Å². The quantitative estimate of drug-likeness (QED) is 0.747. The predicted molar refractivity (Wildman–Crippen MR) is 64.0 cm³/mol. The second-order valence-corrected chi connectivity index (χ2v) is 4.43. The van der Waals surface area contributed by atoms with Crippen molar-refractivity contribution in [2.75, 3.05) is 13.1 Å². The van der Waals surface area contributed by atoms with E-state index in [-0.39, 0.29) is 17.7 Å².